The van der Waals surface area contributed by atoms with Crippen molar-refractivity contribution in [3.8, 4) is 6.07 Å². The zero-order valence-electron chi connectivity index (χ0n) is 16.1. The van der Waals surface area contributed by atoms with E-state index in [0.717, 1.165) is 25.1 Å². The van der Waals surface area contributed by atoms with Gasteiger partial charge < -0.3 is 4.90 Å². The average Bonchev–Trinajstić information content (AvgIpc) is 2.78. The smallest absolute Gasteiger partial charge is 0.243 e. The summed E-state index contributed by atoms with van der Waals surface area (Å²) in [5.74, 6) is -0.0545. The fourth-order valence-corrected chi connectivity index (χ4v) is 5.65. The first-order chi connectivity index (χ1) is 14.0. The summed E-state index contributed by atoms with van der Waals surface area (Å²) in [6.45, 7) is 1.38. The first kappa shape index (κ1) is 19.6. The molecule has 0 radical (unpaired) electrons. The second-order valence-electron chi connectivity index (χ2n) is 7.54. The summed E-state index contributed by atoms with van der Waals surface area (Å²) in [6.07, 6.45) is 2.98. The van der Waals surface area contributed by atoms with E-state index in [4.69, 9.17) is 5.26 Å². The summed E-state index contributed by atoms with van der Waals surface area (Å²) in [5.41, 5.74) is 2.62. The number of fused-ring (bicyclic) bond motifs is 1. The zero-order valence-corrected chi connectivity index (χ0v) is 16.9. The Bertz CT molecular complexity index is 1050. The second kappa shape index (κ2) is 7.97. The van der Waals surface area contributed by atoms with E-state index in [1.165, 1.54) is 34.1 Å². The van der Waals surface area contributed by atoms with E-state index in [0.29, 0.717) is 31.5 Å². The number of sulfonamides is 1. The third kappa shape index (κ3) is 3.78. The molecule has 4 rings (SSSR count). The number of carbonyl (C=O) groups excluding carboxylic acids is 1. The highest BCUT2D eigenvalue weighted by Crippen LogP contribution is 2.31. The first-order valence-electron chi connectivity index (χ1n) is 9.90. The Morgan fingerprint density at radius 1 is 1.00 bits per heavy atom. The molecule has 2 aromatic rings. The van der Waals surface area contributed by atoms with Crippen LogP contribution in [0.4, 0.5) is 5.69 Å². The van der Waals surface area contributed by atoms with Gasteiger partial charge in [-0.25, -0.2) is 8.42 Å². The summed E-state index contributed by atoms with van der Waals surface area (Å²) >= 11 is 0. The van der Waals surface area contributed by atoms with E-state index >= 15 is 0 Å². The van der Waals surface area contributed by atoms with Gasteiger partial charge in [0, 0.05) is 31.2 Å². The summed E-state index contributed by atoms with van der Waals surface area (Å²) in [4.78, 5) is 15.2. The van der Waals surface area contributed by atoms with Gasteiger partial charge in [-0.3, -0.25) is 4.79 Å². The Hall–Kier alpha value is -2.69. The molecule has 0 spiro atoms. The molecule has 0 aliphatic carbocycles. The van der Waals surface area contributed by atoms with Gasteiger partial charge in [0.25, 0.3) is 0 Å². The highest BCUT2D eigenvalue weighted by molar-refractivity contribution is 7.89. The molecule has 1 fully saturated rings. The lowest BCUT2D eigenvalue weighted by Crippen LogP contribution is -2.45. The highest BCUT2D eigenvalue weighted by atomic mass is 32.2. The van der Waals surface area contributed by atoms with E-state index in [9.17, 15) is 13.2 Å². The molecule has 0 aromatic heterocycles. The number of benzene rings is 2. The van der Waals surface area contributed by atoms with Gasteiger partial charge in [-0.05, 0) is 61.6 Å². The van der Waals surface area contributed by atoms with E-state index in [1.54, 1.807) is 0 Å². The molecular formula is C22H23N3O3S. The second-order valence-corrected chi connectivity index (χ2v) is 9.47. The molecule has 150 valence electrons. The number of nitrogens with zero attached hydrogens (tertiary/aromatic N) is 3. The lowest BCUT2D eigenvalue weighted by molar-refractivity contribution is -0.123. The molecule has 1 amide bonds. The summed E-state index contributed by atoms with van der Waals surface area (Å²) in [5, 5.41) is 8.88. The van der Waals surface area contributed by atoms with E-state index < -0.39 is 10.0 Å². The monoisotopic (exact) mass is 409 g/mol. The molecule has 0 unspecified atom stereocenters. The number of hydrogen-bond acceptors (Lipinski definition) is 4. The van der Waals surface area contributed by atoms with E-state index in [2.05, 4.69) is 6.07 Å². The van der Waals surface area contributed by atoms with Gasteiger partial charge in [0.2, 0.25) is 15.9 Å². The van der Waals surface area contributed by atoms with Gasteiger partial charge in [-0.2, -0.15) is 9.57 Å². The van der Waals surface area contributed by atoms with Crippen LogP contribution in [0.3, 0.4) is 0 Å². The van der Waals surface area contributed by atoms with Crippen molar-refractivity contribution < 1.29 is 13.2 Å². The lowest BCUT2D eigenvalue weighted by atomic mass is 9.94. The minimum atomic E-state index is -3.61. The van der Waals surface area contributed by atoms with Gasteiger partial charge in [-0.15, -0.1) is 0 Å². The predicted octanol–water partition coefficient (Wildman–Crippen LogP) is 2.94. The molecule has 0 saturated carbocycles. The predicted molar refractivity (Wildman–Crippen MR) is 110 cm³/mol. The van der Waals surface area contributed by atoms with Gasteiger partial charge in [0.05, 0.1) is 16.5 Å². The van der Waals surface area contributed by atoms with Gasteiger partial charge in [0.1, 0.15) is 0 Å². The summed E-state index contributed by atoms with van der Waals surface area (Å²) in [7, 11) is -3.61. The fraction of sp³-hybridized carbons (Fsp3) is 0.364. The minimum Gasteiger partial charge on any atom is -0.312 e. The Morgan fingerprint density at radius 3 is 2.38 bits per heavy atom. The maximum Gasteiger partial charge on any atom is 0.243 e. The van der Waals surface area contributed by atoms with Crippen molar-refractivity contribution in [2.75, 3.05) is 24.5 Å². The molecular weight excluding hydrogens is 386 g/mol. The van der Waals surface area contributed by atoms with Gasteiger partial charge in [-0.1, -0.05) is 18.2 Å². The average molecular weight is 410 g/mol. The van der Waals surface area contributed by atoms with Crippen LogP contribution in [0.15, 0.2) is 53.4 Å². The number of aryl methyl sites for hydroxylation is 1. The molecule has 0 N–H and O–H groups in total. The van der Waals surface area contributed by atoms with Crippen LogP contribution in [0, 0.1) is 17.2 Å². The molecule has 2 aliphatic rings. The largest absolute Gasteiger partial charge is 0.312 e. The molecule has 0 bridgehead atoms. The normalized spacial score (nSPS) is 18.1. The number of carbonyl (C=O) groups is 1. The SMILES string of the molecule is N#Cc1ccc(S(=O)(=O)N2CCC(C(=O)N3CCCc4ccccc43)CC2)cc1. The number of nitriles is 1. The Balaban J connectivity index is 1.44. The zero-order chi connectivity index (χ0) is 20.4. The van der Waals surface area contributed by atoms with Crippen molar-refractivity contribution in [3.63, 3.8) is 0 Å². The third-order valence-corrected chi connectivity index (χ3v) is 7.71. The summed E-state index contributed by atoms with van der Waals surface area (Å²) < 4.78 is 27.2. The third-order valence-electron chi connectivity index (χ3n) is 5.80. The van der Waals surface area contributed by atoms with Crippen molar-refractivity contribution >= 4 is 21.6 Å². The van der Waals surface area contributed by atoms with Gasteiger partial charge >= 0.3 is 0 Å². The summed E-state index contributed by atoms with van der Waals surface area (Å²) in [6, 6.07) is 16.0. The molecule has 0 atom stereocenters. The van der Waals surface area contributed by atoms with E-state index in [-0.39, 0.29) is 16.7 Å². The van der Waals surface area contributed by atoms with E-state index in [1.807, 2.05) is 29.2 Å². The van der Waals surface area contributed by atoms with Crippen LogP contribution in [-0.2, 0) is 21.2 Å². The maximum atomic E-state index is 13.1. The van der Waals surface area contributed by atoms with Crippen LogP contribution in [-0.4, -0.2) is 38.3 Å². The number of amides is 1. The van der Waals surface area contributed by atoms with Crippen molar-refractivity contribution in [1.29, 1.82) is 5.26 Å². The number of hydrogen-bond donors (Lipinski definition) is 0. The number of rotatable bonds is 3. The molecule has 2 heterocycles. The lowest BCUT2D eigenvalue weighted by Gasteiger charge is -2.36. The molecule has 1 saturated heterocycles. The van der Waals surface area contributed by atoms with Crippen molar-refractivity contribution in [2.24, 2.45) is 5.92 Å². The topological polar surface area (TPSA) is 81.5 Å². The highest BCUT2D eigenvalue weighted by Gasteiger charge is 2.35. The van der Waals surface area contributed by atoms with Crippen LogP contribution in [0.2, 0.25) is 0 Å². The minimum absolute atomic E-state index is 0.104. The molecule has 2 aliphatic heterocycles. The molecule has 7 heteroatoms. The van der Waals surface area contributed by atoms with Crippen LogP contribution >= 0.6 is 0 Å². The van der Waals surface area contributed by atoms with Crippen LogP contribution in [0.1, 0.15) is 30.4 Å². The Labute approximate surface area is 171 Å². The Kier molecular flexibility index (Phi) is 5.39. The van der Waals surface area contributed by atoms with Crippen LogP contribution < -0.4 is 4.90 Å². The standard InChI is InChI=1S/C22H23N3O3S/c23-16-17-7-9-20(10-8-17)29(27,28)24-14-11-19(12-15-24)22(26)25-13-3-5-18-4-1-2-6-21(18)25/h1-2,4,6-10,19H,3,5,11-15H2. The van der Waals surface area contributed by atoms with Crippen molar-refractivity contribution in [2.45, 2.75) is 30.6 Å². The van der Waals surface area contributed by atoms with Crippen LogP contribution in [0.5, 0.6) is 0 Å². The quantitative estimate of drug-likeness (QED) is 0.781. The fourth-order valence-electron chi connectivity index (χ4n) is 4.18. The maximum absolute atomic E-state index is 13.1. The first-order valence-corrected chi connectivity index (χ1v) is 11.3. The van der Waals surface area contributed by atoms with Crippen LogP contribution in [0.25, 0.3) is 0 Å². The Morgan fingerprint density at radius 2 is 1.69 bits per heavy atom. The number of anilines is 1. The number of para-hydroxylation sites is 1. The van der Waals surface area contributed by atoms with Crippen molar-refractivity contribution in [1.82, 2.24) is 4.31 Å². The number of piperidine rings is 1. The van der Waals surface area contributed by atoms with Crippen molar-refractivity contribution in [3.05, 3.63) is 59.7 Å². The molecule has 2 aromatic carbocycles. The molecule has 6 nitrogen and oxygen atoms in total. The molecule has 29 heavy (non-hydrogen) atoms. The van der Waals surface area contributed by atoms with Gasteiger partial charge in [0.15, 0.2) is 0 Å².